The summed E-state index contributed by atoms with van der Waals surface area (Å²) in [7, 11) is 0. The van der Waals surface area contributed by atoms with Crippen molar-refractivity contribution in [3.05, 3.63) is 48.4 Å². The minimum atomic E-state index is 1.03. The van der Waals surface area contributed by atoms with Crippen LogP contribution in [-0.4, -0.2) is 15.2 Å². The van der Waals surface area contributed by atoms with Crippen LogP contribution in [0.5, 0.6) is 0 Å². The van der Waals surface area contributed by atoms with E-state index in [4.69, 9.17) is 0 Å². The average Bonchev–Trinajstić information content (AvgIpc) is 2.76. The number of aromatic amines is 1. The number of hydrogen-bond acceptors (Lipinski definition) is 2. The SMILES string of the molecule is Cc1cc(-c2cccc3[nH]ncc23)ccn1. The van der Waals surface area contributed by atoms with E-state index in [1.807, 2.05) is 37.5 Å². The molecule has 2 heterocycles. The third-order valence-electron chi connectivity index (χ3n) is 2.69. The fourth-order valence-electron chi connectivity index (χ4n) is 1.93. The van der Waals surface area contributed by atoms with Crippen molar-refractivity contribution in [2.75, 3.05) is 0 Å². The highest BCUT2D eigenvalue weighted by Crippen LogP contribution is 2.27. The second kappa shape index (κ2) is 3.45. The number of aromatic nitrogens is 3. The molecule has 0 saturated heterocycles. The predicted octanol–water partition coefficient (Wildman–Crippen LogP) is 2.93. The first kappa shape index (κ1) is 9.09. The van der Waals surface area contributed by atoms with E-state index in [-0.39, 0.29) is 0 Å². The van der Waals surface area contributed by atoms with Crippen LogP contribution in [0.3, 0.4) is 0 Å². The lowest BCUT2D eigenvalue weighted by Crippen LogP contribution is -1.83. The first-order valence-electron chi connectivity index (χ1n) is 5.20. The van der Waals surface area contributed by atoms with Crippen molar-refractivity contribution in [2.24, 2.45) is 0 Å². The van der Waals surface area contributed by atoms with Gasteiger partial charge in [-0.15, -0.1) is 0 Å². The summed E-state index contributed by atoms with van der Waals surface area (Å²) in [5.74, 6) is 0. The molecule has 0 amide bonds. The Morgan fingerprint density at radius 3 is 3.00 bits per heavy atom. The Bertz CT molecular complexity index is 640. The number of nitrogens with zero attached hydrogens (tertiary/aromatic N) is 2. The van der Waals surface area contributed by atoms with Crippen molar-refractivity contribution in [3.63, 3.8) is 0 Å². The summed E-state index contributed by atoms with van der Waals surface area (Å²) >= 11 is 0. The Morgan fingerprint density at radius 2 is 2.12 bits per heavy atom. The van der Waals surface area contributed by atoms with E-state index in [0.717, 1.165) is 16.6 Å². The maximum atomic E-state index is 4.21. The predicted molar refractivity (Wildman–Crippen MR) is 64.1 cm³/mol. The van der Waals surface area contributed by atoms with Gasteiger partial charge in [0, 0.05) is 17.3 Å². The topological polar surface area (TPSA) is 41.6 Å². The van der Waals surface area contributed by atoms with Gasteiger partial charge in [0.2, 0.25) is 0 Å². The molecule has 2 aromatic heterocycles. The molecule has 0 aliphatic carbocycles. The summed E-state index contributed by atoms with van der Waals surface area (Å²) in [6, 6.07) is 10.3. The molecule has 0 atom stereocenters. The number of aryl methyl sites for hydroxylation is 1. The maximum absolute atomic E-state index is 4.21. The Labute approximate surface area is 93.2 Å². The van der Waals surface area contributed by atoms with Crippen molar-refractivity contribution >= 4 is 10.9 Å². The van der Waals surface area contributed by atoms with Gasteiger partial charge < -0.3 is 0 Å². The molecule has 1 N–H and O–H groups in total. The number of benzene rings is 1. The first-order valence-corrected chi connectivity index (χ1v) is 5.20. The van der Waals surface area contributed by atoms with Crippen LogP contribution in [0.15, 0.2) is 42.7 Å². The van der Waals surface area contributed by atoms with Crippen molar-refractivity contribution in [2.45, 2.75) is 6.92 Å². The molecular weight excluding hydrogens is 198 g/mol. The summed E-state index contributed by atoms with van der Waals surface area (Å²) in [5.41, 5.74) is 4.46. The summed E-state index contributed by atoms with van der Waals surface area (Å²) in [6.45, 7) is 2.00. The van der Waals surface area contributed by atoms with Gasteiger partial charge in [0.25, 0.3) is 0 Å². The number of H-pyrrole nitrogens is 1. The molecule has 3 heteroatoms. The zero-order valence-electron chi connectivity index (χ0n) is 8.94. The Morgan fingerprint density at radius 1 is 1.19 bits per heavy atom. The van der Waals surface area contributed by atoms with Gasteiger partial charge in [-0.05, 0) is 36.2 Å². The molecule has 0 aliphatic rings. The quantitative estimate of drug-likeness (QED) is 0.669. The lowest BCUT2D eigenvalue weighted by atomic mass is 10.0. The molecule has 0 radical (unpaired) electrons. The van der Waals surface area contributed by atoms with Crippen LogP contribution in [-0.2, 0) is 0 Å². The van der Waals surface area contributed by atoms with Crippen LogP contribution in [0.2, 0.25) is 0 Å². The van der Waals surface area contributed by atoms with E-state index < -0.39 is 0 Å². The Kier molecular flexibility index (Phi) is 1.96. The fourth-order valence-corrected chi connectivity index (χ4v) is 1.93. The lowest BCUT2D eigenvalue weighted by molar-refractivity contribution is 1.12. The second-order valence-corrected chi connectivity index (χ2v) is 3.82. The Balaban J connectivity index is 2.29. The molecule has 1 aromatic carbocycles. The van der Waals surface area contributed by atoms with Crippen LogP contribution in [0.1, 0.15) is 5.69 Å². The molecule has 0 saturated carbocycles. The minimum absolute atomic E-state index is 1.03. The standard InChI is InChI=1S/C13H11N3/c1-9-7-10(5-6-14-9)11-3-2-4-13-12(11)8-15-16-13/h2-8H,1H3,(H,15,16). The van der Waals surface area contributed by atoms with Gasteiger partial charge in [0.05, 0.1) is 11.7 Å². The van der Waals surface area contributed by atoms with E-state index >= 15 is 0 Å². The highest BCUT2D eigenvalue weighted by Gasteiger charge is 2.04. The summed E-state index contributed by atoms with van der Waals surface area (Å²) < 4.78 is 0. The molecule has 0 fully saturated rings. The van der Waals surface area contributed by atoms with Gasteiger partial charge in [-0.2, -0.15) is 5.10 Å². The van der Waals surface area contributed by atoms with Gasteiger partial charge in [-0.3, -0.25) is 10.1 Å². The summed E-state index contributed by atoms with van der Waals surface area (Å²) in [6.07, 6.45) is 3.70. The van der Waals surface area contributed by atoms with Crippen LogP contribution in [0.25, 0.3) is 22.0 Å². The molecule has 0 bridgehead atoms. The molecule has 3 aromatic rings. The Hall–Kier alpha value is -2.16. The van der Waals surface area contributed by atoms with Crippen molar-refractivity contribution in [1.82, 2.24) is 15.2 Å². The fraction of sp³-hybridized carbons (Fsp3) is 0.0769. The van der Waals surface area contributed by atoms with Crippen LogP contribution in [0.4, 0.5) is 0 Å². The van der Waals surface area contributed by atoms with E-state index in [0.29, 0.717) is 0 Å². The van der Waals surface area contributed by atoms with Crippen molar-refractivity contribution < 1.29 is 0 Å². The number of rotatable bonds is 1. The van der Waals surface area contributed by atoms with Crippen LogP contribution < -0.4 is 0 Å². The highest BCUT2D eigenvalue weighted by atomic mass is 15.1. The number of nitrogens with one attached hydrogen (secondary N) is 1. The lowest BCUT2D eigenvalue weighted by Gasteiger charge is -2.03. The van der Waals surface area contributed by atoms with Gasteiger partial charge in [-0.1, -0.05) is 12.1 Å². The third-order valence-corrected chi connectivity index (χ3v) is 2.69. The maximum Gasteiger partial charge on any atom is 0.0656 e. The van der Waals surface area contributed by atoms with E-state index in [1.54, 1.807) is 0 Å². The van der Waals surface area contributed by atoms with Gasteiger partial charge in [0.15, 0.2) is 0 Å². The van der Waals surface area contributed by atoms with E-state index in [9.17, 15) is 0 Å². The zero-order chi connectivity index (χ0) is 11.0. The van der Waals surface area contributed by atoms with Gasteiger partial charge in [-0.25, -0.2) is 0 Å². The first-order chi connectivity index (χ1) is 7.84. The molecule has 3 nitrogen and oxygen atoms in total. The van der Waals surface area contributed by atoms with Gasteiger partial charge in [0.1, 0.15) is 0 Å². The van der Waals surface area contributed by atoms with Crippen molar-refractivity contribution in [1.29, 1.82) is 0 Å². The molecule has 16 heavy (non-hydrogen) atoms. The number of hydrogen-bond donors (Lipinski definition) is 1. The monoisotopic (exact) mass is 209 g/mol. The zero-order valence-corrected chi connectivity index (χ0v) is 8.94. The molecule has 3 rings (SSSR count). The smallest absolute Gasteiger partial charge is 0.0656 e. The van der Waals surface area contributed by atoms with E-state index in [1.165, 1.54) is 11.1 Å². The molecule has 0 aliphatic heterocycles. The van der Waals surface area contributed by atoms with Crippen LogP contribution in [0, 0.1) is 6.92 Å². The number of fused-ring (bicyclic) bond motifs is 1. The normalized spacial score (nSPS) is 10.8. The molecule has 0 unspecified atom stereocenters. The average molecular weight is 209 g/mol. The van der Waals surface area contributed by atoms with Crippen LogP contribution >= 0.6 is 0 Å². The minimum Gasteiger partial charge on any atom is -0.278 e. The number of pyridine rings is 1. The summed E-state index contributed by atoms with van der Waals surface area (Å²) in [5, 5.41) is 8.19. The van der Waals surface area contributed by atoms with E-state index in [2.05, 4.69) is 27.3 Å². The second-order valence-electron chi connectivity index (χ2n) is 3.82. The molecule has 78 valence electrons. The van der Waals surface area contributed by atoms with Gasteiger partial charge >= 0.3 is 0 Å². The molecule has 0 spiro atoms. The van der Waals surface area contributed by atoms with Crippen molar-refractivity contribution in [3.8, 4) is 11.1 Å². The highest BCUT2D eigenvalue weighted by molar-refractivity contribution is 5.94. The largest absolute Gasteiger partial charge is 0.278 e. The molecular formula is C13H11N3. The summed E-state index contributed by atoms with van der Waals surface area (Å²) in [4.78, 5) is 4.21. The third kappa shape index (κ3) is 1.37.